The Balaban J connectivity index is 1.53. The van der Waals surface area contributed by atoms with Crippen LogP contribution in [0.3, 0.4) is 0 Å². The molecule has 0 N–H and O–H groups in total. The number of benzene rings is 1. The summed E-state index contributed by atoms with van der Waals surface area (Å²) in [6, 6.07) is 7.63. The van der Waals surface area contributed by atoms with Gasteiger partial charge in [0.05, 0.1) is 20.3 Å². The Bertz CT molecular complexity index is 686. The summed E-state index contributed by atoms with van der Waals surface area (Å²) in [5, 5.41) is 0. The van der Waals surface area contributed by atoms with Crippen molar-refractivity contribution in [2.24, 2.45) is 0 Å². The molecule has 1 saturated carbocycles. The molecule has 1 saturated heterocycles. The number of ether oxygens (including phenoxy) is 3. The molecule has 146 valence electrons. The standard InChI is InChI=1S/C21H26O6/c1-4-24-20(22)13-16-9-11-21(12-10-16)25-14-19(26-27-21)15(2)17-5-7-18(23-3)8-6-17/h5-8,13,19H,2,4,9-12,14H2,1,3H3. The number of carbonyl (C=O) groups is 1. The molecule has 1 aliphatic heterocycles. The molecule has 6 nitrogen and oxygen atoms in total. The molecule has 3 rings (SSSR count). The van der Waals surface area contributed by atoms with Crippen molar-refractivity contribution in [2.75, 3.05) is 20.3 Å². The number of hydrogen-bond donors (Lipinski definition) is 0. The van der Waals surface area contributed by atoms with Crippen LogP contribution in [-0.4, -0.2) is 38.2 Å². The lowest BCUT2D eigenvalue weighted by molar-refractivity contribution is -0.482. The summed E-state index contributed by atoms with van der Waals surface area (Å²) in [4.78, 5) is 22.9. The van der Waals surface area contributed by atoms with Gasteiger partial charge in [0.15, 0.2) is 0 Å². The van der Waals surface area contributed by atoms with Crippen molar-refractivity contribution >= 4 is 11.5 Å². The van der Waals surface area contributed by atoms with Gasteiger partial charge in [-0.25, -0.2) is 14.6 Å². The van der Waals surface area contributed by atoms with Gasteiger partial charge in [0.25, 0.3) is 0 Å². The van der Waals surface area contributed by atoms with Crippen molar-refractivity contribution < 1.29 is 28.8 Å². The molecule has 1 spiro atoms. The molecule has 0 amide bonds. The summed E-state index contributed by atoms with van der Waals surface area (Å²) >= 11 is 0. The first-order valence-electron chi connectivity index (χ1n) is 9.23. The zero-order valence-corrected chi connectivity index (χ0v) is 15.9. The van der Waals surface area contributed by atoms with Crippen molar-refractivity contribution in [3.05, 3.63) is 48.1 Å². The Labute approximate surface area is 159 Å². The van der Waals surface area contributed by atoms with Crippen LogP contribution in [0.2, 0.25) is 0 Å². The Kier molecular flexibility index (Phi) is 6.31. The first-order valence-corrected chi connectivity index (χ1v) is 9.23. The SMILES string of the molecule is C=C(c1ccc(OC)cc1)C1COC2(CCC(=CC(=O)OCC)CC2)OO1. The number of hydrogen-bond acceptors (Lipinski definition) is 6. The summed E-state index contributed by atoms with van der Waals surface area (Å²) in [5.74, 6) is -0.250. The van der Waals surface area contributed by atoms with Crippen molar-refractivity contribution in [1.82, 2.24) is 0 Å². The van der Waals surface area contributed by atoms with Crippen LogP contribution < -0.4 is 4.74 Å². The Morgan fingerprint density at radius 3 is 2.56 bits per heavy atom. The summed E-state index contributed by atoms with van der Waals surface area (Å²) in [6.07, 6.45) is 3.92. The van der Waals surface area contributed by atoms with E-state index in [-0.39, 0.29) is 12.1 Å². The maximum absolute atomic E-state index is 11.6. The minimum absolute atomic E-state index is 0.291. The highest BCUT2D eigenvalue weighted by molar-refractivity contribution is 5.82. The molecule has 0 bridgehead atoms. The molecular weight excluding hydrogens is 348 g/mol. The molecule has 27 heavy (non-hydrogen) atoms. The van der Waals surface area contributed by atoms with E-state index in [4.69, 9.17) is 24.0 Å². The maximum atomic E-state index is 11.6. The number of esters is 1. The van der Waals surface area contributed by atoms with Crippen LogP contribution in [0.4, 0.5) is 0 Å². The van der Waals surface area contributed by atoms with E-state index in [1.54, 1.807) is 20.1 Å². The summed E-state index contributed by atoms with van der Waals surface area (Å²) in [6.45, 7) is 6.67. The van der Waals surface area contributed by atoms with Crippen LogP contribution in [0, 0.1) is 0 Å². The zero-order chi connectivity index (χ0) is 19.3. The third kappa shape index (κ3) is 4.77. The highest BCUT2D eigenvalue weighted by Gasteiger charge is 2.42. The minimum atomic E-state index is -0.747. The van der Waals surface area contributed by atoms with Gasteiger partial charge in [-0.2, -0.15) is 0 Å². The second-order valence-electron chi connectivity index (χ2n) is 6.70. The summed E-state index contributed by atoms with van der Waals surface area (Å²) < 4.78 is 16.2. The van der Waals surface area contributed by atoms with Crippen LogP contribution in [0.1, 0.15) is 38.2 Å². The monoisotopic (exact) mass is 374 g/mol. The second-order valence-corrected chi connectivity index (χ2v) is 6.70. The zero-order valence-electron chi connectivity index (χ0n) is 15.9. The molecule has 2 fully saturated rings. The molecule has 1 aromatic rings. The fourth-order valence-corrected chi connectivity index (χ4v) is 3.25. The van der Waals surface area contributed by atoms with Gasteiger partial charge in [-0.15, -0.1) is 0 Å². The van der Waals surface area contributed by atoms with E-state index in [0.717, 1.165) is 22.5 Å². The van der Waals surface area contributed by atoms with Crippen molar-refractivity contribution in [3.63, 3.8) is 0 Å². The highest BCUT2D eigenvalue weighted by atomic mass is 17.2. The van der Waals surface area contributed by atoms with Crippen molar-refractivity contribution in [1.29, 1.82) is 0 Å². The molecule has 6 heteroatoms. The van der Waals surface area contributed by atoms with E-state index in [2.05, 4.69) is 6.58 Å². The smallest absolute Gasteiger partial charge is 0.330 e. The molecule has 0 aromatic heterocycles. The molecule has 1 atom stereocenters. The number of methoxy groups -OCH3 is 1. The van der Waals surface area contributed by atoms with E-state index in [1.807, 2.05) is 24.3 Å². The largest absolute Gasteiger partial charge is 0.497 e. The summed E-state index contributed by atoms with van der Waals surface area (Å²) in [5.41, 5.74) is 2.80. The van der Waals surface area contributed by atoms with E-state index in [9.17, 15) is 4.79 Å². The van der Waals surface area contributed by atoms with E-state index < -0.39 is 5.79 Å². The fourth-order valence-electron chi connectivity index (χ4n) is 3.25. The predicted octanol–water partition coefficient (Wildman–Crippen LogP) is 3.82. The van der Waals surface area contributed by atoms with Crippen LogP contribution in [0.5, 0.6) is 5.75 Å². The Hall–Kier alpha value is -2.15. The molecular formula is C21H26O6. The number of rotatable bonds is 5. The predicted molar refractivity (Wildman–Crippen MR) is 99.9 cm³/mol. The fraction of sp³-hybridized carbons (Fsp3) is 0.476. The number of carbonyl (C=O) groups excluding carboxylic acids is 1. The Morgan fingerprint density at radius 1 is 1.30 bits per heavy atom. The van der Waals surface area contributed by atoms with Crippen LogP contribution in [-0.2, 0) is 24.0 Å². The Morgan fingerprint density at radius 2 is 2.00 bits per heavy atom. The van der Waals surface area contributed by atoms with Crippen LogP contribution in [0.15, 0.2) is 42.5 Å². The van der Waals surface area contributed by atoms with Crippen LogP contribution in [0.25, 0.3) is 5.57 Å². The normalized spacial score (nSPS) is 25.1. The highest BCUT2D eigenvalue weighted by Crippen LogP contribution is 2.39. The van der Waals surface area contributed by atoms with Crippen LogP contribution >= 0.6 is 0 Å². The molecule has 0 radical (unpaired) electrons. The molecule has 1 aromatic carbocycles. The quantitative estimate of drug-likeness (QED) is 0.444. The molecule has 2 aliphatic rings. The second kappa shape index (κ2) is 8.69. The minimum Gasteiger partial charge on any atom is -0.497 e. The average molecular weight is 374 g/mol. The summed E-state index contributed by atoms with van der Waals surface area (Å²) in [7, 11) is 1.63. The lowest BCUT2D eigenvalue weighted by Crippen LogP contribution is -2.46. The first-order chi connectivity index (χ1) is 13.0. The first kappa shape index (κ1) is 19.6. The van der Waals surface area contributed by atoms with Gasteiger partial charge in [0.1, 0.15) is 11.9 Å². The van der Waals surface area contributed by atoms with Gasteiger partial charge in [-0.05, 0) is 43.0 Å². The third-order valence-electron chi connectivity index (χ3n) is 4.93. The topological polar surface area (TPSA) is 63.2 Å². The number of allylic oxidation sites excluding steroid dienone is 1. The van der Waals surface area contributed by atoms with Gasteiger partial charge in [0, 0.05) is 18.9 Å². The van der Waals surface area contributed by atoms with Gasteiger partial charge in [-0.3, -0.25) is 0 Å². The van der Waals surface area contributed by atoms with Gasteiger partial charge in [-0.1, -0.05) is 24.3 Å². The lowest BCUT2D eigenvalue weighted by atomic mass is 9.89. The van der Waals surface area contributed by atoms with E-state index >= 15 is 0 Å². The van der Waals surface area contributed by atoms with Crippen molar-refractivity contribution in [2.45, 2.75) is 44.5 Å². The van der Waals surface area contributed by atoms with Crippen molar-refractivity contribution in [3.8, 4) is 5.75 Å². The van der Waals surface area contributed by atoms with Gasteiger partial charge in [0.2, 0.25) is 5.79 Å². The van der Waals surface area contributed by atoms with E-state index in [1.165, 1.54) is 0 Å². The van der Waals surface area contributed by atoms with Gasteiger partial charge >= 0.3 is 5.97 Å². The molecule has 1 aliphatic carbocycles. The van der Waals surface area contributed by atoms with Gasteiger partial charge < -0.3 is 14.2 Å². The molecule has 1 unspecified atom stereocenters. The molecule has 1 heterocycles. The maximum Gasteiger partial charge on any atom is 0.330 e. The van der Waals surface area contributed by atoms with E-state index in [0.29, 0.717) is 38.9 Å². The average Bonchev–Trinajstić information content (AvgIpc) is 2.70. The lowest BCUT2D eigenvalue weighted by Gasteiger charge is -2.41. The third-order valence-corrected chi connectivity index (χ3v) is 4.93.